The number of thiophene rings is 1. The Kier molecular flexibility index (Phi) is 4.58. The molecule has 0 unspecified atom stereocenters. The van der Waals surface area contributed by atoms with Gasteiger partial charge in [-0.1, -0.05) is 11.3 Å². The van der Waals surface area contributed by atoms with Crippen molar-refractivity contribution in [3.05, 3.63) is 27.1 Å². The molecule has 23 heavy (non-hydrogen) atoms. The number of piperazine rings is 1. The summed E-state index contributed by atoms with van der Waals surface area (Å²) in [6.07, 6.45) is 2.14. The summed E-state index contributed by atoms with van der Waals surface area (Å²) in [5.41, 5.74) is 0. The fraction of sp³-hybridized carbons (Fsp3) is 0.571. The summed E-state index contributed by atoms with van der Waals surface area (Å²) in [4.78, 5) is 38.4. The molecular formula is C14H18N4O4S. The van der Waals surface area contributed by atoms with Gasteiger partial charge < -0.3 is 10.2 Å². The van der Waals surface area contributed by atoms with E-state index in [1.165, 1.54) is 12.1 Å². The van der Waals surface area contributed by atoms with E-state index in [-0.39, 0.29) is 16.8 Å². The monoisotopic (exact) mass is 338 g/mol. The van der Waals surface area contributed by atoms with Crippen molar-refractivity contribution < 1.29 is 14.5 Å². The molecule has 9 heteroatoms. The van der Waals surface area contributed by atoms with E-state index in [1.807, 2.05) is 4.90 Å². The van der Waals surface area contributed by atoms with E-state index in [2.05, 4.69) is 5.32 Å². The standard InChI is InChI=1S/C14H18N4O4S/c19-12(15-10-1-2-10)9-16-5-7-17(8-6-16)14(20)11-3-4-13(23-11)18(21)22/h3-4,10H,1-2,5-9H2,(H,15,19). The molecule has 0 bridgehead atoms. The highest BCUT2D eigenvalue weighted by atomic mass is 32.1. The molecular weight excluding hydrogens is 320 g/mol. The van der Waals surface area contributed by atoms with Gasteiger partial charge in [-0.3, -0.25) is 24.6 Å². The smallest absolute Gasteiger partial charge is 0.324 e. The minimum absolute atomic E-state index is 0.0243. The molecule has 1 aromatic rings. The molecule has 3 rings (SSSR count). The van der Waals surface area contributed by atoms with Crippen LogP contribution >= 0.6 is 11.3 Å². The summed E-state index contributed by atoms with van der Waals surface area (Å²) in [7, 11) is 0. The van der Waals surface area contributed by atoms with Crippen molar-refractivity contribution in [1.82, 2.24) is 15.1 Å². The van der Waals surface area contributed by atoms with Gasteiger partial charge in [-0.2, -0.15) is 0 Å². The molecule has 8 nitrogen and oxygen atoms in total. The fourth-order valence-corrected chi connectivity index (χ4v) is 3.30. The van der Waals surface area contributed by atoms with E-state index < -0.39 is 4.92 Å². The van der Waals surface area contributed by atoms with Crippen LogP contribution in [0.4, 0.5) is 5.00 Å². The molecule has 0 aromatic carbocycles. The Morgan fingerprint density at radius 3 is 2.52 bits per heavy atom. The zero-order valence-corrected chi connectivity index (χ0v) is 13.4. The maximum absolute atomic E-state index is 12.3. The topological polar surface area (TPSA) is 95.8 Å². The van der Waals surface area contributed by atoms with E-state index >= 15 is 0 Å². The Morgan fingerprint density at radius 1 is 1.26 bits per heavy atom. The van der Waals surface area contributed by atoms with Gasteiger partial charge in [0.25, 0.3) is 5.91 Å². The summed E-state index contributed by atoms with van der Waals surface area (Å²) < 4.78 is 0. The third-order valence-electron chi connectivity index (χ3n) is 3.95. The predicted molar refractivity (Wildman–Crippen MR) is 84.5 cm³/mol. The Bertz CT molecular complexity index is 620. The number of rotatable bonds is 5. The number of carbonyl (C=O) groups excluding carboxylic acids is 2. The number of nitro groups is 1. The van der Waals surface area contributed by atoms with Gasteiger partial charge in [0, 0.05) is 38.3 Å². The first-order valence-electron chi connectivity index (χ1n) is 7.58. The Hall–Kier alpha value is -2.00. The molecule has 2 amide bonds. The van der Waals surface area contributed by atoms with Crippen molar-refractivity contribution in [3.63, 3.8) is 0 Å². The lowest BCUT2D eigenvalue weighted by Crippen LogP contribution is -2.51. The molecule has 0 spiro atoms. The van der Waals surface area contributed by atoms with Crippen molar-refractivity contribution in [2.45, 2.75) is 18.9 Å². The minimum Gasteiger partial charge on any atom is -0.352 e. The largest absolute Gasteiger partial charge is 0.352 e. The molecule has 124 valence electrons. The number of hydrogen-bond acceptors (Lipinski definition) is 6. The summed E-state index contributed by atoms with van der Waals surface area (Å²) in [5, 5.41) is 13.6. The van der Waals surface area contributed by atoms with Crippen molar-refractivity contribution in [3.8, 4) is 0 Å². The van der Waals surface area contributed by atoms with Crippen LogP contribution in [0.1, 0.15) is 22.5 Å². The first-order valence-corrected chi connectivity index (χ1v) is 8.40. The number of hydrogen-bond donors (Lipinski definition) is 1. The van der Waals surface area contributed by atoms with Crippen LogP contribution in [0.15, 0.2) is 12.1 Å². The van der Waals surface area contributed by atoms with Gasteiger partial charge in [-0.25, -0.2) is 0 Å². The zero-order chi connectivity index (χ0) is 16.4. The van der Waals surface area contributed by atoms with Crippen molar-refractivity contribution in [2.75, 3.05) is 32.7 Å². The van der Waals surface area contributed by atoms with Crippen molar-refractivity contribution in [2.24, 2.45) is 0 Å². The van der Waals surface area contributed by atoms with E-state index in [1.54, 1.807) is 4.90 Å². The highest BCUT2D eigenvalue weighted by Gasteiger charge is 2.27. The normalized spacial score (nSPS) is 18.7. The van der Waals surface area contributed by atoms with E-state index in [0.29, 0.717) is 43.6 Å². The first-order chi connectivity index (χ1) is 11.0. The van der Waals surface area contributed by atoms with E-state index in [4.69, 9.17) is 0 Å². The van der Waals surface area contributed by atoms with Gasteiger partial charge in [0.2, 0.25) is 5.91 Å². The second kappa shape index (κ2) is 6.63. The van der Waals surface area contributed by atoms with Gasteiger partial charge in [0.05, 0.1) is 16.3 Å². The number of nitrogens with zero attached hydrogens (tertiary/aromatic N) is 3. The van der Waals surface area contributed by atoms with Gasteiger partial charge in [0.1, 0.15) is 0 Å². The van der Waals surface area contributed by atoms with E-state index in [9.17, 15) is 19.7 Å². The predicted octanol–water partition coefficient (Wildman–Crippen LogP) is 0.693. The van der Waals surface area contributed by atoms with Gasteiger partial charge in [-0.15, -0.1) is 0 Å². The molecule has 1 saturated carbocycles. The van der Waals surface area contributed by atoms with Crippen molar-refractivity contribution in [1.29, 1.82) is 0 Å². The van der Waals surface area contributed by atoms with Gasteiger partial charge in [-0.05, 0) is 18.9 Å². The lowest BCUT2D eigenvalue weighted by molar-refractivity contribution is -0.380. The molecule has 1 aromatic heterocycles. The lowest BCUT2D eigenvalue weighted by Gasteiger charge is -2.34. The second-order valence-corrected chi connectivity index (χ2v) is 6.87. The third kappa shape index (κ3) is 4.05. The zero-order valence-electron chi connectivity index (χ0n) is 12.6. The maximum Gasteiger partial charge on any atom is 0.324 e. The molecule has 1 saturated heterocycles. The van der Waals surface area contributed by atoms with Crippen LogP contribution in [-0.4, -0.2) is 65.3 Å². The molecule has 1 aliphatic carbocycles. The molecule has 1 N–H and O–H groups in total. The first kappa shape index (κ1) is 15.9. The van der Waals surface area contributed by atoms with Crippen LogP contribution in [0.2, 0.25) is 0 Å². The summed E-state index contributed by atoms with van der Waals surface area (Å²) in [6.45, 7) is 2.69. The molecule has 0 radical (unpaired) electrons. The molecule has 2 fully saturated rings. The van der Waals surface area contributed by atoms with Crippen LogP contribution in [0, 0.1) is 10.1 Å². The van der Waals surface area contributed by atoms with Crippen LogP contribution in [0.25, 0.3) is 0 Å². The van der Waals surface area contributed by atoms with Crippen LogP contribution in [0.5, 0.6) is 0 Å². The molecule has 1 aliphatic heterocycles. The highest BCUT2D eigenvalue weighted by Crippen LogP contribution is 2.25. The second-order valence-electron chi connectivity index (χ2n) is 5.81. The Labute approximate surface area is 137 Å². The average Bonchev–Trinajstić information content (AvgIpc) is 3.18. The molecule has 2 aliphatic rings. The summed E-state index contributed by atoms with van der Waals surface area (Å²) >= 11 is 0.900. The molecule has 2 heterocycles. The maximum atomic E-state index is 12.3. The average molecular weight is 338 g/mol. The van der Waals surface area contributed by atoms with Gasteiger partial charge >= 0.3 is 5.00 Å². The van der Waals surface area contributed by atoms with Crippen LogP contribution < -0.4 is 5.32 Å². The van der Waals surface area contributed by atoms with Crippen LogP contribution in [0.3, 0.4) is 0 Å². The Morgan fingerprint density at radius 2 is 1.96 bits per heavy atom. The summed E-state index contributed by atoms with van der Waals surface area (Å²) in [6, 6.07) is 3.22. The van der Waals surface area contributed by atoms with E-state index in [0.717, 1.165) is 24.2 Å². The third-order valence-corrected chi connectivity index (χ3v) is 4.98. The lowest BCUT2D eigenvalue weighted by atomic mass is 10.3. The number of carbonyl (C=O) groups is 2. The molecule has 0 atom stereocenters. The number of nitrogens with one attached hydrogen (secondary N) is 1. The number of amides is 2. The highest BCUT2D eigenvalue weighted by molar-refractivity contribution is 7.17. The van der Waals surface area contributed by atoms with Crippen LogP contribution in [-0.2, 0) is 4.79 Å². The fourth-order valence-electron chi connectivity index (χ4n) is 2.51. The SMILES string of the molecule is O=C(CN1CCN(C(=O)c2ccc([N+](=O)[O-])s2)CC1)NC1CC1. The van der Waals surface area contributed by atoms with Gasteiger partial charge in [0.15, 0.2) is 0 Å². The summed E-state index contributed by atoms with van der Waals surface area (Å²) in [5.74, 6) is -0.133. The minimum atomic E-state index is -0.488. The Balaban J connectivity index is 1.48. The quantitative estimate of drug-likeness (QED) is 0.629. The van der Waals surface area contributed by atoms with Crippen molar-refractivity contribution >= 4 is 28.2 Å².